The molecule has 0 aromatic rings. The predicted molar refractivity (Wildman–Crippen MR) is 66.3 cm³/mol. The fraction of sp³-hybridized carbons (Fsp3) is 0.571. The fourth-order valence-electron chi connectivity index (χ4n) is 1.25. The van der Waals surface area contributed by atoms with Crippen LogP contribution in [0, 0.1) is 11.8 Å². The van der Waals surface area contributed by atoms with Crippen molar-refractivity contribution in [3.8, 4) is 0 Å². The molecular weight excluding hydrogens is 168 g/mol. The zero-order chi connectivity index (χ0) is 11.3. The van der Waals surface area contributed by atoms with Crippen molar-refractivity contribution < 1.29 is 0 Å². The standard InChI is InChI=1S/C14H24/c1-8-12(6)14(11(4)5)9-13(7)10(2)3/h9-11H,6-8H2,1-5H3/b14-9-. The Labute approximate surface area is 89.4 Å². The van der Waals surface area contributed by atoms with Gasteiger partial charge in [0.15, 0.2) is 0 Å². The second-order valence-electron chi connectivity index (χ2n) is 4.44. The van der Waals surface area contributed by atoms with Crippen LogP contribution in [0.1, 0.15) is 41.0 Å². The van der Waals surface area contributed by atoms with Crippen LogP contribution >= 0.6 is 0 Å². The molecule has 0 fully saturated rings. The lowest BCUT2D eigenvalue weighted by molar-refractivity contribution is 0.750. The quantitative estimate of drug-likeness (QED) is 0.551. The van der Waals surface area contributed by atoms with Gasteiger partial charge in [0.05, 0.1) is 0 Å². The number of hydrogen-bond donors (Lipinski definition) is 0. The SMILES string of the molecule is C=C(CC)/C(=C\C(=C)C(C)C)C(C)C. The Kier molecular flexibility index (Phi) is 5.52. The van der Waals surface area contributed by atoms with Crippen LogP contribution in [0.4, 0.5) is 0 Å². The third-order valence-corrected chi connectivity index (χ3v) is 2.54. The normalized spacial score (nSPS) is 12.4. The molecule has 0 aromatic heterocycles. The summed E-state index contributed by atoms with van der Waals surface area (Å²) >= 11 is 0. The molecule has 0 heteroatoms. The highest BCUT2D eigenvalue weighted by atomic mass is 14.1. The topological polar surface area (TPSA) is 0 Å². The van der Waals surface area contributed by atoms with E-state index in [1.807, 2.05) is 0 Å². The molecule has 0 nitrogen and oxygen atoms in total. The molecule has 0 unspecified atom stereocenters. The lowest BCUT2D eigenvalue weighted by atomic mass is 9.90. The molecule has 0 atom stereocenters. The van der Waals surface area contributed by atoms with E-state index < -0.39 is 0 Å². The summed E-state index contributed by atoms with van der Waals surface area (Å²) in [5.74, 6) is 1.06. The van der Waals surface area contributed by atoms with Gasteiger partial charge >= 0.3 is 0 Å². The van der Waals surface area contributed by atoms with E-state index >= 15 is 0 Å². The van der Waals surface area contributed by atoms with Gasteiger partial charge in [0.25, 0.3) is 0 Å². The summed E-state index contributed by atoms with van der Waals surface area (Å²) in [4.78, 5) is 0. The molecule has 0 aromatic carbocycles. The molecule has 0 aliphatic heterocycles. The first-order chi connectivity index (χ1) is 6.40. The van der Waals surface area contributed by atoms with E-state index in [9.17, 15) is 0 Å². The molecule has 14 heavy (non-hydrogen) atoms. The van der Waals surface area contributed by atoms with E-state index in [4.69, 9.17) is 0 Å². The van der Waals surface area contributed by atoms with Gasteiger partial charge in [0.1, 0.15) is 0 Å². The van der Waals surface area contributed by atoms with E-state index in [-0.39, 0.29) is 0 Å². The summed E-state index contributed by atoms with van der Waals surface area (Å²) in [7, 11) is 0. The first-order valence-corrected chi connectivity index (χ1v) is 5.48. The highest BCUT2D eigenvalue weighted by Crippen LogP contribution is 2.23. The van der Waals surface area contributed by atoms with Crippen LogP contribution in [-0.2, 0) is 0 Å². The third-order valence-electron chi connectivity index (χ3n) is 2.54. The zero-order valence-electron chi connectivity index (χ0n) is 10.4. The van der Waals surface area contributed by atoms with Crippen LogP contribution in [0.3, 0.4) is 0 Å². The second-order valence-corrected chi connectivity index (χ2v) is 4.44. The first kappa shape index (κ1) is 13.2. The maximum atomic E-state index is 4.10. The van der Waals surface area contributed by atoms with E-state index in [1.54, 1.807) is 0 Å². The lowest BCUT2D eigenvalue weighted by Crippen LogP contribution is -1.99. The molecule has 0 amide bonds. The van der Waals surface area contributed by atoms with Gasteiger partial charge in [-0.1, -0.05) is 65.0 Å². The molecule has 0 aliphatic carbocycles. The zero-order valence-corrected chi connectivity index (χ0v) is 10.4. The van der Waals surface area contributed by atoms with E-state index in [0.29, 0.717) is 11.8 Å². The molecule has 0 bridgehead atoms. The van der Waals surface area contributed by atoms with Crippen LogP contribution in [0.15, 0.2) is 36.0 Å². The van der Waals surface area contributed by atoms with Gasteiger partial charge in [-0.25, -0.2) is 0 Å². The van der Waals surface area contributed by atoms with Crippen LogP contribution < -0.4 is 0 Å². The van der Waals surface area contributed by atoms with Gasteiger partial charge in [0, 0.05) is 0 Å². The summed E-state index contributed by atoms with van der Waals surface area (Å²) in [5, 5.41) is 0. The number of rotatable bonds is 5. The molecule has 0 spiro atoms. The predicted octanol–water partition coefficient (Wildman–Crippen LogP) is 4.75. The summed E-state index contributed by atoms with van der Waals surface area (Å²) in [5.41, 5.74) is 3.79. The molecule has 0 radical (unpaired) electrons. The van der Waals surface area contributed by atoms with Gasteiger partial charge in [-0.3, -0.25) is 0 Å². The van der Waals surface area contributed by atoms with Crippen molar-refractivity contribution in [1.29, 1.82) is 0 Å². The molecule has 0 heterocycles. The number of allylic oxidation sites excluding steroid dienone is 4. The molecule has 0 saturated carbocycles. The van der Waals surface area contributed by atoms with Crippen molar-refractivity contribution in [2.75, 3.05) is 0 Å². The Hall–Kier alpha value is -0.780. The van der Waals surface area contributed by atoms with Crippen molar-refractivity contribution in [2.24, 2.45) is 11.8 Å². The van der Waals surface area contributed by atoms with E-state index in [2.05, 4.69) is 53.9 Å². The van der Waals surface area contributed by atoms with Crippen molar-refractivity contribution in [3.05, 3.63) is 36.0 Å². The van der Waals surface area contributed by atoms with Gasteiger partial charge < -0.3 is 0 Å². The van der Waals surface area contributed by atoms with Gasteiger partial charge in [0.2, 0.25) is 0 Å². The Morgan fingerprint density at radius 3 is 1.86 bits per heavy atom. The smallest absolute Gasteiger partial charge is 0.0216 e. The molecule has 0 N–H and O–H groups in total. The monoisotopic (exact) mass is 192 g/mol. The minimum atomic E-state index is 0.522. The van der Waals surface area contributed by atoms with Crippen LogP contribution in [0.2, 0.25) is 0 Å². The minimum Gasteiger partial charge on any atom is -0.0956 e. The maximum absolute atomic E-state index is 4.10. The first-order valence-electron chi connectivity index (χ1n) is 5.48. The minimum absolute atomic E-state index is 0.522. The molecular formula is C14H24. The van der Waals surface area contributed by atoms with Crippen LogP contribution in [0.25, 0.3) is 0 Å². The lowest BCUT2D eigenvalue weighted by Gasteiger charge is -2.15. The fourth-order valence-corrected chi connectivity index (χ4v) is 1.25. The van der Waals surface area contributed by atoms with Crippen LogP contribution in [-0.4, -0.2) is 0 Å². The third kappa shape index (κ3) is 3.95. The van der Waals surface area contributed by atoms with Gasteiger partial charge in [-0.05, 0) is 23.8 Å². The maximum Gasteiger partial charge on any atom is -0.0216 e. The number of hydrogen-bond acceptors (Lipinski definition) is 0. The van der Waals surface area contributed by atoms with E-state index in [1.165, 1.54) is 16.7 Å². The molecule has 80 valence electrons. The van der Waals surface area contributed by atoms with Gasteiger partial charge in [-0.15, -0.1) is 0 Å². The van der Waals surface area contributed by atoms with Gasteiger partial charge in [-0.2, -0.15) is 0 Å². The molecule has 0 saturated heterocycles. The highest BCUT2D eigenvalue weighted by Gasteiger charge is 2.07. The van der Waals surface area contributed by atoms with Crippen LogP contribution in [0.5, 0.6) is 0 Å². The Balaban J connectivity index is 4.83. The molecule has 0 rings (SSSR count). The molecule has 0 aliphatic rings. The Morgan fingerprint density at radius 1 is 1.07 bits per heavy atom. The average Bonchev–Trinajstić information content (AvgIpc) is 2.11. The second kappa shape index (κ2) is 5.85. The summed E-state index contributed by atoms with van der Waals surface area (Å²) in [6, 6.07) is 0. The summed E-state index contributed by atoms with van der Waals surface area (Å²) in [6.07, 6.45) is 3.23. The van der Waals surface area contributed by atoms with E-state index in [0.717, 1.165) is 6.42 Å². The van der Waals surface area contributed by atoms with Crippen molar-refractivity contribution in [2.45, 2.75) is 41.0 Å². The summed E-state index contributed by atoms with van der Waals surface area (Å²) < 4.78 is 0. The van der Waals surface area contributed by atoms with Crippen molar-refractivity contribution >= 4 is 0 Å². The largest absolute Gasteiger partial charge is 0.0956 e. The Bertz CT molecular complexity index is 239. The van der Waals surface area contributed by atoms with Crippen molar-refractivity contribution in [1.82, 2.24) is 0 Å². The average molecular weight is 192 g/mol. The van der Waals surface area contributed by atoms with Crippen molar-refractivity contribution in [3.63, 3.8) is 0 Å². The summed E-state index contributed by atoms with van der Waals surface area (Å²) in [6.45, 7) is 19.1. The Morgan fingerprint density at radius 2 is 1.57 bits per heavy atom. The highest BCUT2D eigenvalue weighted by molar-refractivity contribution is 5.36.